The molecule has 2 nitrogen and oxygen atoms in total. The number of likely N-dealkylation sites (N-methyl/N-ethyl adjacent to an activating group) is 1. The number of halogens is 1. The summed E-state index contributed by atoms with van der Waals surface area (Å²) in [6, 6.07) is 4.85. The van der Waals surface area contributed by atoms with E-state index in [9.17, 15) is 9.50 Å². The molecule has 0 saturated heterocycles. The number of rotatable bonds is 1. The van der Waals surface area contributed by atoms with Crippen molar-refractivity contribution >= 4 is 5.69 Å². The van der Waals surface area contributed by atoms with E-state index in [4.69, 9.17) is 0 Å². The van der Waals surface area contributed by atoms with Crippen molar-refractivity contribution in [2.24, 2.45) is 0 Å². The maximum absolute atomic E-state index is 12.9. The van der Waals surface area contributed by atoms with Crippen molar-refractivity contribution in [3.05, 3.63) is 29.6 Å². The van der Waals surface area contributed by atoms with Crippen molar-refractivity contribution in [1.82, 2.24) is 0 Å². The summed E-state index contributed by atoms with van der Waals surface area (Å²) in [5, 5.41) is 9.53. The topological polar surface area (TPSA) is 23.5 Å². The lowest BCUT2D eigenvalue weighted by atomic mass is 10.1. The number of hydrogen-bond donors (Lipinski definition) is 1. The van der Waals surface area contributed by atoms with Gasteiger partial charge in [-0.15, -0.1) is 0 Å². The van der Waals surface area contributed by atoms with Crippen molar-refractivity contribution in [1.29, 1.82) is 0 Å². The third-order valence-electron chi connectivity index (χ3n) is 2.90. The molecule has 76 valence electrons. The van der Waals surface area contributed by atoms with Crippen LogP contribution < -0.4 is 4.90 Å². The van der Waals surface area contributed by atoms with E-state index in [1.807, 2.05) is 11.9 Å². The van der Waals surface area contributed by atoms with Gasteiger partial charge in [-0.05, 0) is 37.1 Å². The Bertz CT molecular complexity index is 351. The second kappa shape index (κ2) is 3.24. The van der Waals surface area contributed by atoms with E-state index in [0.29, 0.717) is 0 Å². The fraction of sp³-hybridized carbons (Fsp3) is 0.455. The van der Waals surface area contributed by atoms with E-state index in [0.717, 1.165) is 17.7 Å². The first-order valence-corrected chi connectivity index (χ1v) is 4.79. The first kappa shape index (κ1) is 9.46. The minimum Gasteiger partial charge on any atom is -0.391 e. The number of aliphatic hydroxyl groups is 1. The Balaban J connectivity index is 2.35. The first-order valence-electron chi connectivity index (χ1n) is 4.79. The third kappa shape index (κ3) is 1.38. The van der Waals surface area contributed by atoms with Gasteiger partial charge in [-0.25, -0.2) is 4.39 Å². The minimum atomic E-state index is -0.393. The van der Waals surface area contributed by atoms with E-state index in [2.05, 4.69) is 0 Å². The summed E-state index contributed by atoms with van der Waals surface area (Å²) in [5.74, 6) is -0.205. The van der Waals surface area contributed by atoms with Gasteiger partial charge in [0.05, 0.1) is 12.1 Å². The van der Waals surface area contributed by atoms with Crippen LogP contribution in [0.25, 0.3) is 0 Å². The predicted molar refractivity (Wildman–Crippen MR) is 54.0 cm³/mol. The van der Waals surface area contributed by atoms with Crippen LogP contribution in [0, 0.1) is 5.82 Å². The largest absolute Gasteiger partial charge is 0.391 e. The van der Waals surface area contributed by atoms with Crippen molar-refractivity contribution in [3.63, 3.8) is 0 Å². The zero-order valence-corrected chi connectivity index (χ0v) is 8.37. The molecule has 2 unspecified atom stereocenters. The highest BCUT2D eigenvalue weighted by molar-refractivity contribution is 5.59. The lowest BCUT2D eigenvalue weighted by Gasteiger charge is -2.24. The van der Waals surface area contributed by atoms with Crippen LogP contribution in [0.15, 0.2) is 18.2 Å². The average molecular weight is 195 g/mol. The van der Waals surface area contributed by atoms with Gasteiger partial charge in [0.2, 0.25) is 0 Å². The highest BCUT2D eigenvalue weighted by Crippen LogP contribution is 2.32. The number of benzene rings is 1. The summed E-state index contributed by atoms with van der Waals surface area (Å²) in [4.78, 5) is 2.01. The molecular formula is C11H14FNO. The molecule has 0 aromatic heterocycles. The quantitative estimate of drug-likeness (QED) is 0.735. The van der Waals surface area contributed by atoms with E-state index in [1.54, 1.807) is 19.1 Å². The maximum Gasteiger partial charge on any atom is 0.123 e. The number of hydrogen-bond acceptors (Lipinski definition) is 2. The highest BCUT2D eigenvalue weighted by atomic mass is 19.1. The predicted octanol–water partition coefficient (Wildman–Crippen LogP) is 1.57. The van der Waals surface area contributed by atoms with Crippen LogP contribution in [0.3, 0.4) is 0 Å². The molecule has 0 spiro atoms. The zero-order valence-electron chi connectivity index (χ0n) is 8.37. The van der Waals surface area contributed by atoms with Gasteiger partial charge in [-0.2, -0.15) is 0 Å². The summed E-state index contributed by atoms with van der Waals surface area (Å²) < 4.78 is 12.9. The van der Waals surface area contributed by atoms with Gasteiger partial charge in [0, 0.05) is 12.7 Å². The Morgan fingerprint density at radius 3 is 2.93 bits per heavy atom. The Hall–Kier alpha value is -1.09. The van der Waals surface area contributed by atoms with Crippen molar-refractivity contribution in [3.8, 4) is 0 Å². The van der Waals surface area contributed by atoms with Crippen LogP contribution in [0.4, 0.5) is 10.1 Å². The molecule has 0 saturated carbocycles. The van der Waals surface area contributed by atoms with E-state index >= 15 is 0 Å². The highest BCUT2D eigenvalue weighted by Gasteiger charge is 2.29. The zero-order chi connectivity index (χ0) is 10.3. The number of aliphatic hydroxyl groups excluding tert-OH is 1. The molecule has 0 aliphatic carbocycles. The normalized spacial score (nSPS) is 22.3. The van der Waals surface area contributed by atoms with Crippen LogP contribution in [-0.2, 0) is 6.42 Å². The van der Waals surface area contributed by atoms with Crippen LogP contribution >= 0.6 is 0 Å². The number of anilines is 1. The van der Waals surface area contributed by atoms with Crippen LogP contribution in [0.1, 0.15) is 12.5 Å². The van der Waals surface area contributed by atoms with Crippen LogP contribution in [0.2, 0.25) is 0 Å². The molecule has 1 aliphatic heterocycles. The average Bonchev–Trinajstić information content (AvgIpc) is 2.43. The van der Waals surface area contributed by atoms with Crippen molar-refractivity contribution < 1.29 is 9.50 Å². The van der Waals surface area contributed by atoms with Gasteiger partial charge in [0.15, 0.2) is 0 Å². The lowest BCUT2D eigenvalue weighted by Crippen LogP contribution is -2.37. The molecule has 14 heavy (non-hydrogen) atoms. The summed E-state index contributed by atoms with van der Waals surface area (Å²) in [6.45, 7) is 1.77. The Morgan fingerprint density at radius 2 is 2.29 bits per heavy atom. The minimum absolute atomic E-state index is 0.0757. The second-order valence-corrected chi connectivity index (χ2v) is 3.90. The molecule has 0 bridgehead atoms. The van der Waals surface area contributed by atoms with Crippen molar-refractivity contribution in [2.45, 2.75) is 25.5 Å². The second-order valence-electron chi connectivity index (χ2n) is 3.90. The lowest BCUT2D eigenvalue weighted by molar-refractivity contribution is 0.164. The van der Waals surface area contributed by atoms with Gasteiger partial charge in [0.1, 0.15) is 5.82 Å². The van der Waals surface area contributed by atoms with Gasteiger partial charge < -0.3 is 10.0 Å². The first-order chi connectivity index (χ1) is 6.59. The monoisotopic (exact) mass is 195 g/mol. The summed E-state index contributed by atoms with van der Waals surface area (Å²) in [6.07, 6.45) is 0.330. The smallest absolute Gasteiger partial charge is 0.123 e. The molecule has 0 amide bonds. The van der Waals surface area contributed by atoms with Gasteiger partial charge in [0.25, 0.3) is 0 Å². The fourth-order valence-corrected chi connectivity index (χ4v) is 2.10. The molecule has 0 fully saturated rings. The maximum atomic E-state index is 12.9. The molecule has 1 aromatic rings. The van der Waals surface area contributed by atoms with Gasteiger partial charge in [-0.3, -0.25) is 0 Å². The standard InChI is InChI=1S/C11H14FNO/c1-7(14)11-6-8-5-9(12)3-4-10(8)13(11)2/h3-5,7,11,14H,6H2,1-2H3. The number of fused-ring (bicyclic) bond motifs is 1. The Morgan fingerprint density at radius 1 is 1.57 bits per heavy atom. The summed E-state index contributed by atoms with van der Waals surface area (Å²) >= 11 is 0. The van der Waals surface area contributed by atoms with Gasteiger partial charge >= 0.3 is 0 Å². The number of nitrogens with zero attached hydrogens (tertiary/aromatic N) is 1. The Kier molecular flexibility index (Phi) is 2.19. The summed E-state index contributed by atoms with van der Waals surface area (Å²) in [5.41, 5.74) is 2.01. The molecule has 2 rings (SSSR count). The molecule has 1 aliphatic rings. The van der Waals surface area contributed by atoms with Crippen LogP contribution in [0.5, 0.6) is 0 Å². The van der Waals surface area contributed by atoms with Gasteiger partial charge in [-0.1, -0.05) is 0 Å². The van der Waals surface area contributed by atoms with E-state index in [1.165, 1.54) is 6.07 Å². The van der Waals surface area contributed by atoms with Crippen molar-refractivity contribution in [2.75, 3.05) is 11.9 Å². The van der Waals surface area contributed by atoms with E-state index in [-0.39, 0.29) is 11.9 Å². The molecular weight excluding hydrogens is 181 g/mol. The van der Waals surface area contributed by atoms with E-state index < -0.39 is 6.10 Å². The molecule has 1 N–H and O–H groups in total. The SMILES string of the molecule is CC(O)C1Cc2cc(F)ccc2N1C. The third-order valence-corrected chi connectivity index (χ3v) is 2.90. The Labute approximate surface area is 83.0 Å². The molecule has 2 atom stereocenters. The molecule has 1 aromatic carbocycles. The molecule has 0 radical (unpaired) electrons. The molecule has 1 heterocycles. The fourth-order valence-electron chi connectivity index (χ4n) is 2.10. The van der Waals surface area contributed by atoms with Crippen LogP contribution in [-0.4, -0.2) is 24.3 Å². The summed E-state index contributed by atoms with van der Waals surface area (Å²) in [7, 11) is 1.93. The molecule has 3 heteroatoms.